The predicted molar refractivity (Wildman–Crippen MR) is 153 cm³/mol. The van der Waals surface area contributed by atoms with Crippen molar-refractivity contribution in [3.05, 3.63) is 113 Å². The van der Waals surface area contributed by atoms with E-state index in [1.54, 1.807) is 35.4 Å². The number of carbonyl (C=O) groups excluding carboxylic acids is 1. The summed E-state index contributed by atoms with van der Waals surface area (Å²) in [4.78, 5) is 24.5. The number of para-hydroxylation sites is 1. The van der Waals surface area contributed by atoms with Crippen molar-refractivity contribution in [2.45, 2.75) is 18.4 Å². The quantitative estimate of drug-likeness (QED) is 0.231. The molecule has 0 aliphatic carbocycles. The number of aryl methyl sites for hydroxylation is 1. The van der Waals surface area contributed by atoms with E-state index < -0.39 is 10.0 Å². The van der Waals surface area contributed by atoms with Crippen LogP contribution in [0.3, 0.4) is 0 Å². The van der Waals surface area contributed by atoms with Crippen molar-refractivity contribution in [3.63, 3.8) is 0 Å². The maximum atomic E-state index is 13.8. The van der Waals surface area contributed by atoms with Crippen molar-refractivity contribution in [3.8, 4) is 0 Å². The Bertz CT molecular complexity index is 1710. The lowest BCUT2D eigenvalue weighted by Crippen LogP contribution is -2.31. The van der Waals surface area contributed by atoms with Crippen LogP contribution in [0.2, 0.25) is 5.02 Å². The molecule has 0 radical (unpaired) electrons. The van der Waals surface area contributed by atoms with Crippen LogP contribution in [0.25, 0.3) is 10.2 Å². The number of amides is 1. The summed E-state index contributed by atoms with van der Waals surface area (Å²) in [7, 11) is -2.31. The van der Waals surface area contributed by atoms with Crippen molar-refractivity contribution >= 4 is 59.9 Å². The molecule has 0 atom stereocenters. The Labute approximate surface area is 230 Å². The zero-order chi connectivity index (χ0) is 26.9. The average Bonchev–Trinajstić information content (AvgIpc) is 3.36. The van der Waals surface area contributed by atoms with Crippen LogP contribution in [-0.4, -0.2) is 31.3 Å². The van der Waals surface area contributed by atoms with Crippen LogP contribution in [0.5, 0.6) is 0 Å². The number of sulfonamides is 1. The number of hydrogen-bond donors (Lipinski definition) is 0. The first kappa shape index (κ1) is 25.8. The largest absolute Gasteiger partial charge is 0.278 e. The molecule has 0 spiro atoms. The molecule has 192 valence electrons. The number of hydrogen-bond acceptors (Lipinski definition) is 6. The second-order valence-corrected chi connectivity index (χ2v) is 12.0. The van der Waals surface area contributed by atoms with Gasteiger partial charge in [0.25, 0.3) is 15.9 Å². The first-order chi connectivity index (χ1) is 18.2. The molecular weight excluding hydrogens is 540 g/mol. The minimum absolute atomic E-state index is 0.0851. The highest BCUT2D eigenvalue weighted by Gasteiger charge is 2.25. The van der Waals surface area contributed by atoms with Gasteiger partial charge in [0, 0.05) is 23.8 Å². The first-order valence-corrected chi connectivity index (χ1v) is 14.3. The predicted octanol–water partition coefficient (Wildman–Crippen LogP) is 6.33. The molecule has 5 rings (SSSR count). The zero-order valence-electron chi connectivity index (χ0n) is 20.6. The highest BCUT2D eigenvalue weighted by Crippen LogP contribution is 2.34. The molecule has 0 bridgehead atoms. The van der Waals surface area contributed by atoms with Crippen LogP contribution in [0.1, 0.15) is 21.6 Å². The van der Waals surface area contributed by atoms with E-state index in [0.717, 1.165) is 15.8 Å². The maximum Gasteiger partial charge on any atom is 0.264 e. The Balaban J connectivity index is 1.49. The SMILES string of the molecule is Cc1cc(Cl)cc2sc(N(Cc3ccccn3)C(=O)c3ccc(S(=O)(=O)N(C)c4ccccc4)cc3)nc12. The Kier molecular flexibility index (Phi) is 7.16. The van der Waals surface area contributed by atoms with Crippen LogP contribution in [0.4, 0.5) is 10.8 Å². The minimum Gasteiger partial charge on any atom is -0.278 e. The number of nitrogens with zero attached hydrogens (tertiary/aromatic N) is 4. The van der Waals surface area contributed by atoms with E-state index in [2.05, 4.69) is 4.98 Å². The number of rotatable bonds is 7. The summed E-state index contributed by atoms with van der Waals surface area (Å²) in [5, 5.41) is 1.10. The van der Waals surface area contributed by atoms with E-state index in [1.165, 1.54) is 47.0 Å². The van der Waals surface area contributed by atoms with E-state index >= 15 is 0 Å². The molecule has 0 N–H and O–H groups in total. The molecule has 2 aromatic heterocycles. The van der Waals surface area contributed by atoms with Gasteiger partial charge in [-0.3, -0.25) is 19.0 Å². The monoisotopic (exact) mass is 562 g/mol. The number of halogens is 1. The number of fused-ring (bicyclic) bond motifs is 1. The lowest BCUT2D eigenvalue weighted by molar-refractivity contribution is 0.0984. The van der Waals surface area contributed by atoms with Crippen LogP contribution >= 0.6 is 22.9 Å². The summed E-state index contributed by atoms with van der Waals surface area (Å²) in [6.45, 7) is 2.12. The van der Waals surface area contributed by atoms with E-state index in [9.17, 15) is 13.2 Å². The van der Waals surface area contributed by atoms with Crippen LogP contribution in [-0.2, 0) is 16.6 Å². The molecule has 38 heavy (non-hydrogen) atoms. The van der Waals surface area contributed by atoms with Crippen molar-refractivity contribution in [1.29, 1.82) is 0 Å². The van der Waals surface area contributed by atoms with Crippen LogP contribution in [0.15, 0.2) is 96.0 Å². The number of anilines is 2. The number of aromatic nitrogens is 2. The lowest BCUT2D eigenvalue weighted by Gasteiger charge is -2.21. The maximum absolute atomic E-state index is 13.8. The summed E-state index contributed by atoms with van der Waals surface area (Å²) in [5.74, 6) is -0.321. The van der Waals surface area contributed by atoms with Gasteiger partial charge in [0.05, 0.1) is 33.0 Å². The van der Waals surface area contributed by atoms with E-state index in [0.29, 0.717) is 27.1 Å². The first-order valence-electron chi connectivity index (χ1n) is 11.7. The summed E-state index contributed by atoms with van der Waals surface area (Å²) >= 11 is 7.61. The highest BCUT2D eigenvalue weighted by molar-refractivity contribution is 7.92. The third-order valence-corrected chi connectivity index (χ3v) is 9.08. The average molecular weight is 563 g/mol. The molecule has 2 heterocycles. The Morgan fingerprint density at radius 2 is 1.68 bits per heavy atom. The van der Waals surface area contributed by atoms with Gasteiger partial charge in [-0.05, 0) is 73.2 Å². The van der Waals surface area contributed by atoms with Crippen molar-refractivity contribution in [2.24, 2.45) is 0 Å². The smallest absolute Gasteiger partial charge is 0.264 e. The normalized spacial score (nSPS) is 11.4. The van der Waals surface area contributed by atoms with Crippen molar-refractivity contribution in [1.82, 2.24) is 9.97 Å². The third kappa shape index (κ3) is 5.13. The fourth-order valence-corrected chi connectivity index (χ4v) is 6.61. The Hall–Kier alpha value is -3.79. The fraction of sp³-hybridized carbons (Fsp3) is 0.107. The molecule has 0 aliphatic heterocycles. The van der Waals surface area contributed by atoms with Gasteiger partial charge in [0.15, 0.2) is 5.13 Å². The summed E-state index contributed by atoms with van der Waals surface area (Å²) in [5.41, 5.74) is 3.26. The van der Waals surface area contributed by atoms with Gasteiger partial charge in [-0.15, -0.1) is 0 Å². The second-order valence-electron chi connectivity index (χ2n) is 8.61. The van der Waals surface area contributed by atoms with E-state index in [4.69, 9.17) is 16.6 Å². The van der Waals surface area contributed by atoms with Gasteiger partial charge >= 0.3 is 0 Å². The van der Waals surface area contributed by atoms with Gasteiger partial charge in [-0.2, -0.15) is 0 Å². The molecule has 0 fully saturated rings. The number of benzene rings is 3. The summed E-state index contributed by atoms with van der Waals surface area (Å²) in [6, 6.07) is 23.9. The summed E-state index contributed by atoms with van der Waals surface area (Å²) in [6.07, 6.45) is 1.67. The minimum atomic E-state index is -3.81. The van der Waals surface area contributed by atoms with Crippen LogP contribution in [0, 0.1) is 6.92 Å². The lowest BCUT2D eigenvalue weighted by atomic mass is 10.2. The standard InChI is InChI=1S/C28H23ClN4O3S2/c1-19-16-21(29)17-25-26(19)31-28(37-25)33(18-22-8-6-7-15-30-22)27(34)20-11-13-24(14-12-20)38(35,36)32(2)23-9-4-3-5-10-23/h3-17H,18H2,1-2H3. The highest BCUT2D eigenvalue weighted by atomic mass is 35.5. The van der Waals surface area contributed by atoms with Gasteiger partial charge in [-0.1, -0.05) is 47.2 Å². The molecule has 0 saturated heterocycles. The van der Waals surface area contributed by atoms with Crippen molar-refractivity contribution < 1.29 is 13.2 Å². The zero-order valence-corrected chi connectivity index (χ0v) is 23.0. The van der Waals surface area contributed by atoms with Gasteiger partial charge in [0.1, 0.15) is 0 Å². The van der Waals surface area contributed by atoms with Gasteiger partial charge in [0.2, 0.25) is 0 Å². The van der Waals surface area contributed by atoms with Gasteiger partial charge < -0.3 is 0 Å². The molecule has 0 saturated carbocycles. The van der Waals surface area contributed by atoms with Crippen LogP contribution < -0.4 is 9.21 Å². The van der Waals surface area contributed by atoms with E-state index in [-0.39, 0.29) is 17.3 Å². The molecule has 1 amide bonds. The Morgan fingerprint density at radius 1 is 0.974 bits per heavy atom. The fourth-order valence-electron chi connectivity index (χ4n) is 4.00. The number of thiazole rings is 1. The van der Waals surface area contributed by atoms with E-state index in [1.807, 2.05) is 43.3 Å². The van der Waals surface area contributed by atoms with Gasteiger partial charge in [-0.25, -0.2) is 13.4 Å². The summed E-state index contributed by atoms with van der Waals surface area (Å²) < 4.78 is 28.4. The molecule has 10 heteroatoms. The molecule has 0 unspecified atom stereocenters. The second kappa shape index (κ2) is 10.5. The molecule has 5 aromatic rings. The molecule has 3 aromatic carbocycles. The number of pyridine rings is 1. The molecular formula is C28H23ClN4O3S2. The molecule has 0 aliphatic rings. The van der Waals surface area contributed by atoms with Crippen molar-refractivity contribution in [2.75, 3.05) is 16.3 Å². The topological polar surface area (TPSA) is 83.5 Å². The number of carbonyl (C=O) groups is 1. The third-order valence-electron chi connectivity index (χ3n) is 6.04. The molecule has 7 nitrogen and oxygen atoms in total. The Morgan fingerprint density at radius 3 is 2.37 bits per heavy atom.